The second-order valence-corrected chi connectivity index (χ2v) is 5.92. The highest BCUT2D eigenvalue weighted by molar-refractivity contribution is 7.13. The molecule has 2 heterocycles. The van der Waals surface area contributed by atoms with Gasteiger partial charge in [0.05, 0.1) is 6.54 Å². The van der Waals surface area contributed by atoms with Crippen LogP contribution in [0.1, 0.15) is 20.3 Å². The van der Waals surface area contributed by atoms with E-state index in [9.17, 15) is 4.79 Å². The SMILES string of the molecule is C[C@@H]1C[C@H](C)CN(CC(=O)Nc2nccs2)C1. The molecule has 0 radical (unpaired) electrons. The largest absolute Gasteiger partial charge is 0.301 e. The number of carbonyl (C=O) groups is 1. The number of hydrogen-bond donors (Lipinski definition) is 1. The molecule has 1 fully saturated rings. The molecule has 0 bridgehead atoms. The molecule has 2 atom stereocenters. The summed E-state index contributed by atoms with van der Waals surface area (Å²) in [6.45, 7) is 7.03. The van der Waals surface area contributed by atoms with Gasteiger partial charge in [0, 0.05) is 24.7 Å². The molecule has 1 aliphatic rings. The van der Waals surface area contributed by atoms with Gasteiger partial charge in [0.1, 0.15) is 0 Å². The molecule has 0 aliphatic carbocycles. The van der Waals surface area contributed by atoms with Gasteiger partial charge in [-0.3, -0.25) is 9.69 Å². The minimum atomic E-state index is 0.0428. The van der Waals surface area contributed by atoms with E-state index in [1.165, 1.54) is 17.8 Å². The highest BCUT2D eigenvalue weighted by atomic mass is 32.1. The first-order valence-corrected chi connectivity index (χ1v) is 6.93. The molecule has 17 heavy (non-hydrogen) atoms. The summed E-state index contributed by atoms with van der Waals surface area (Å²) in [5, 5.41) is 5.38. The summed E-state index contributed by atoms with van der Waals surface area (Å²) in [6.07, 6.45) is 2.97. The summed E-state index contributed by atoms with van der Waals surface area (Å²) in [7, 11) is 0. The lowest BCUT2D eigenvalue weighted by Crippen LogP contribution is -2.42. The van der Waals surface area contributed by atoms with Crippen LogP contribution in [0.25, 0.3) is 0 Å². The van der Waals surface area contributed by atoms with Gasteiger partial charge in [0.25, 0.3) is 0 Å². The fourth-order valence-corrected chi connectivity index (χ4v) is 3.11. The van der Waals surface area contributed by atoms with Crippen LogP contribution in [0.5, 0.6) is 0 Å². The summed E-state index contributed by atoms with van der Waals surface area (Å²) in [6, 6.07) is 0. The van der Waals surface area contributed by atoms with Crippen LogP contribution in [0, 0.1) is 11.8 Å². The minimum Gasteiger partial charge on any atom is -0.301 e. The molecule has 94 valence electrons. The molecule has 0 saturated carbocycles. The van der Waals surface area contributed by atoms with Crippen LogP contribution >= 0.6 is 11.3 Å². The zero-order chi connectivity index (χ0) is 12.3. The first-order chi connectivity index (χ1) is 8.13. The second-order valence-electron chi connectivity index (χ2n) is 5.03. The number of carbonyl (C=O) groups excluding carboxylic acids is 1. The zero-order valence-electron chi connectivity index (χ0n) is 10.3. The Morgan fingerprint density at radius 1 is 1.53 bits per heavy atom. The smallest absolute Gasteiger partial charge is 0.240 e. The number of hydrogen-bond acceptors (Lipinski definition) is 4. The van der Waals surface area contributed by atoms with Crippen LogP contribution in [0.2, 0.25) is 0 Å². The maximum absolute atomic E-state index is 11.8. The number of anilines is 1. The van der Waals surface area contributed by atoms with Crippen molar-refractivity contribution in [2.45, 2.75) is 20.3 Å². The molecule has 1 saturated heterocycles. The normalized spacial score (nSPS) is 25.8. The lowest BCUT2D eigenvalue weighted by Gasteiger charge is -2.34. The van der Waals surface area contributed by atoms with Gasteiger partial charge in [-0.05, 0) is 18.3 Å². The number of nitrogens with one attached hydrogen (secondary N) is 1. The standard InChI is InChI=1S/C12H19N3OS/c1-9-5-10(2)7-15(6-9)8-11(16)14-12-13-3-4-17-12/h3-4,9-10H,5-8H2,1-2H3,(H,13,14,16)/t9-,10+. The van der Waals surface area contributed by atoms with E-state index in [-0.39, 0.29) is 5.91 Å². The Kier molecular flexibility index (Phi) is 4.12. The molecule has 4 nitrogen and oxygen atoms in total. The van der Waals surface area contributed by atoms with E-state index in [1.54, 1.807) is 6.20 Å². The van der Waals surface area contributed by atoms with Gasteiger partial charge >= 0.3 is 0 Å². The quantitative estimate of drug-likeness (QED) is 0.897. The maximum atomic E-state index is 11.8. The van der Waals surface area contributed by atoms with Crippen molar-refractivity contribution in [3.63, 3.8) is 0 Å². The van der Waals surface area contributed by atoms with Crippen LogP contribution in [0.15, 0.2) is 11.6 Å². The van der Waals surface area contributed by atoms with E-state index in [2.05, 4.69) is 29.0 Å². The Bertz CT molecular complexity index is 356. The van der Waals surface area contributed by atoms with Gasteiger partial charge in [-0.15, -0.1) is 11.3 Å². The van der Waals surface area contributed by atoms with Crippen LogP contribution in [0.4, 0.5) is 5.13 Å². The van der Waals surface area contributed by atoms with E-state index >= 15 is 0 Å². The highest BCUT2D eigenvalue weighted by Gasteiger charge is 2.23. The van der Waals surface area contributed by atoms with Gasteiger partial charge in [0.15, 0.2) is 5.13 Å². The molecule has 1 aromatic rings. The fraction of sp³-hybridized carbons (Fsp3) is 0.667. The highest BCUT2D eigenvalue weighted by Crippen LogP contribution is 2.20. The van der Waals surface area contributed by atoms with Crippen molar-refractivity contribution in [3.05, 3.63) is 11.6 Å². The topological polar surface area (TPSA) is 45.2 Å². The van der Waals surface area contributed by atoms with Crippen molar-refractivity contribution in [3.8, 4) is 0 Å². The monoisotopic (exact) mass is 253 g/mol. The predicted molar refractivity (Wildman–Crippen MR) is 70.1 cm³/mol. The van der Waals surface area contributed by atoms with Crippen molar-refractivity contribution >= 4 is 22.4 Å². The molecule has 1 amide bonds. The minimum absolute atomic E-state index is 0.0428. The average Bonchev–Trinajstić information content (AvgIpc) is 2.67. The first-order valence-electron chi connectivity index (χ1n) is 6.05. The Morgan fingerprint density at radius 2 is 2.24 bits per heavy atom. The number of thiazole rings is 1. The molecular weight excluding hydrogens is 234 g/mol. The summed E-state index contributed by atoms with van der Waals surface area (Å²) >= 11 is 1.45. The Labute approximate surface area is 106 Å². The Hall–Kier alpha value is -0.940. The number of nitrogens with zero attached hydrogens (tertiary/aromatic N) is 2. The van der Waals surface area contributed by atoms with E-state index in [1.807, 2.05) is 5.38 Å². The molecule has 1 aromatic heterocycles. The third-order valence-corrected chi connectivity index (χ3v) is 3.68. The lowest BCUT2D eigenvalue weighted by atomic mass is 9.92. The number of rotatable bonds is 3. The van der Waals surface area contributed by atoms with Gasteiger partial charge in [-0.25, -0.2) is 4.98 Å². The number of likely N-dealkylation sites (tertiary alicyclic amines) is 1. The summed E-state index contributed by atoms with van der Waals surface area (Å²) in [5.41, 5.74) is 0. The van der Waals surface area contributed by atoms with Gasteiger partial charge in [-0.2, -0.15) is 0 Å². The van der Waals surface area contributed by atoms with Gasteiger partial charge < -0.3 is 5.32 Å². The Balaban J connectivity index is 1.82. The van der Waals surface area contributed by atoms with Crippen LogP contribution < -0.4 is 5.32 Å². The van der Waals surface area contributed by atoms with Crippen molar-refractivity contribution in [2.75, 3.05) is 25.0 Å². The number of aromatic nitrogens is 1. The summed E-state index contributed by atoms with van der Waals surface area (Å²) in [5.74, 6) is 1.42. The number of amides is 1. The third-order valence-electron chi connectivity index (χ3n) is 2.99. The van der Waals surface area contributed by atoms with Crippen LogP contribution in [-0.4, -0.2) is 35.4 Å². The number of piperidine rings is 1. The van der Waals surface area contributed by atoms with E-state index in [4.69, 9.17) is 0 Å². The molecule has 1 N–H and O–H groups in total. The van der Waals surface area contributed by atoms with Crippen molar-refractivity contribution in [1.29, 1.82) is 0 Å². The third kappa shape index (κ3) is 3.78. The molecule has 1 aliphatic heterocycles. The summed E-state index contributed by atoms with van der Waals surface area (Å²) in [4.78, 5) is 18.1. The van der Waals surface area contributed by atoms with Crippen LogP contribution in [0.3, 0.4) is 0 Å². The van der Waals surface area contributed by atoms with Crippen molar-refractivity contribution < 1.29 is 4.79 Å². The molecule has 5 heteroatoms. The average molecular weight is 253 g/mol. The van der Waals surface area contributed by atoms with Crippen molar-refractivity contribution in [1.82, 2.24) is 9.88 Å². The predicted octanol–water partition coefficient (Wildman–Crippen LogP) is 2.06. The molecular formula is C12H19N3OS. The first kappa shape index (κ1) is 12.5. The van der Waals surface area contributed by atoms with E-state index in [0.29, 0.717) is 23.5 Å². The van der Waals surface area contributed by atoms with Gasteiger partial charge in [-0.1, -0.05) is 13.8 Å². The molecule has 2 rings (SSSR count). The second kappa shape index (κ2) is 5.60. The Morgan fingerprint density at radius 3 is 2.82 bits per heavy atom. The summed E-state index contributed by atoms with van der Waals surface area (Å²) < 4.78 is 0. The molecule has 0 spiro atoms. The van der Waals surface area contributed by atoms with E-state index in [0.717, 1.165) is 13.1 Å². The fourth-order valence-electron chi connectivity index (χ4n) is 2.57. The zero-order valence-corrected chi connectivity index (χ0v) is 11.2. The lowest BCUT2D eigenvalue weighted by molar-refractivity contribution is -0.117. The van der Waals surface area contributed by atoms with Crippen LogP contribution in [-0.2, 0) is 4.79 Å². The van der Waals surface area contributed by atoms with Gasteiger partial charge in [0.2, 0.25) is 5.91 Å². The molecule has 0 aromatic carbocycles. The van der Waals surface area contributed by atoms with Crippen molar-refractivity contribution in [2.24, 2.45) is 11.8 Å². The maximum Gasteiger partial charge on any atom is 0.240 e. The van der Waals surface area contributed by atoms with E-state index < -0.39 is 0 Å². The molecule has 0 unspecified atom stereocenters.